The molecule has 1 atom stereocenters. The van der Waals surface area contributed by atoms with Crippen LogP contribution in [0.5, 0.6) is 0 Å². The number of likely N-dealkylation sites (N-methyl/N-ethyl adjacent to an activating group) is 1. The lowest BCUT2D eigenvalue weighted by atomic mass is 10.2. The number of hydrogen-bond acceptors (Lipinski definition) is 3. The van der Waals surface area contributed by atoms with Crippen LogP contribution in [0.1, 0.15) is 13.3 Å². The normalized spacial score (nSPS) is 22.9. The molecule has 0 bridgehead atoms. The maximum Gasteiger partial charge on any atom is 0.304 e. The minimum atomic E-state index is -0.702. The van der Waals surface area contributed by atoms with E-state index in [2.05, 4.69) is 16.8 Å². The third-order valence-electron chi connectivity index (χ3n) is 2.63. The highest BCUT2D eigenvalue weighted by Gasteiger charge is 2.20. The molecule has 1 aliphatic rings. The number of hydrogen-bond donors (Lipinski definition) is 1. The fourth-order valence-electron chi connectivity index (χ4n) is 1.64. The van der Waals surface area contributed by atoms with Gasteiger partial charge < -0.3 is 10.0 Å². The lowest BCUT2D eigenvalue weighted by Crippen LogP contribution is -2.48. The highest BCUT2D eigenvalue weighted by molar-refractivity contribution is 5.67. The Morgan fingerprint density at radius 2 is 1.92 bits per heavy atom. The van der Waals surface area contributed by atoms with Crippen LogP contribution in [-0.4, -0.2) is 60.1 Å². The molecule has 1 saturated heterocycles. The maximum absolute atomic E-state index is 10.5. The molecule has 0 aliphatic carbocycles. The molecule has 4 heteroatoms. The SMILES string of the molecule is C[C@@H](CC(=O)O)N1CCN(C)CC1. The summed E-state index contributed by atoms with van der Waals surface area (Å²) in [4.78, 5) is 15.0. The minimum Gasteiger partial charge on any atom is -0.481 e. The van der Waals surface area contributed by atoms with E-state index in [4.69, 9.17) is 5.11 Å². The van der Waals surface area contributed by atoms with Crippen LogP contribution in [0.2, 0.25) is 0 Å². The first kappa shape index (κ1) is 10.5. The molecule has 4 nitrogen and oxygen atoms in total. The van der Waals surface area contributed by atoms with Gasteiger partial charge in [-0.15, -0.1) is 0 Å². The lowest BCUT2D eigenvalue weighted by molar-refractivity contribution is -0.138. The number of piperazine rings is 1. The lowest BCUT2D eigenvalue weighted by Gasteiger charge is -2.35. The number of carbonyl (C=O) groups is 1. The fraction of sp³-hybridized carbons (Fsp3) is 0.889. The summed E-state index contributed by atoms with van der Waals surface area (Å²) in [6.45, 7) is 6.06. The zero-order chi connectivity index (χ0) is 9.84. The summed E-state index contributed by atoms with van der Waals surface area (Å²) in [6, 6.07) is 0.172. The van der Waals surface area contributed by atoms with Crippen LogP contribution in [0.3, 0.4) is 0 Å². The van der Waals surface area contributed by atoms with E-state index < -0.39 is 5.97 Å². The zero-order valence-corrected chi connectivity index (χ0v) is 8.36. The van der Waals surface area contributed by atoms with Crippen molar-refractivity contribution >= 4 is 5.97 Å². The van der Waals surface area contributed by atoms with E-state index in [1.54, 1.807) is 0 Å². The Kier molecular flexibility index (Phi) is 3.69. The van der Waals surface area contributed by atoms with E-state index in [0.29, 0.717) is 0 Å². The third-order valence-corrected chi connectivity index (χ3v) is 2.63. The highest BCUT2D eigenvalue weighted by Crippen LogP contribution is 2.07. The second-order valence-corrected chi connectivity index (χ2v) is 3.79. The zero-order valence-electron chi connectivity index (χ0n) is 8.36. The molecular weight excluding hydrogens is 168 g/mol. The molecule has 0 spiro atoms. The Hall–Kier alpha value is -0.610. The van der Waals surface area contributed by atoms with Crippen LogP contribution in [-0.2, 0) is 4.79 Å². The van der Waals surface area contributed by atoms with Crippen molar-refractivity contribution in [3.63, 3.8) is 0 Å². The quantitative estimate of drug-likeness (QED) is 0.679. The van der Waals surface area contributed by atoms with Gasteiger partial charge >= 0.3 is 5.97 Å². The van der Waals surface area contributed by atoms with Gasteiger partial charge in [-0.05, 0) is 14.0 Å². The molecular formula is C9H18N2O2. The van der Waals surface area contributed by atoms with Crippen LogP contribution in [0.15, 0.2) is 0 Å². The predicted octanol–water partition coefficient (Wildman–Crippen LogP) is 0.0970. The summed E-state index contributed by atoms with van der Waals surface area (Å²) in [5.74, 6) is -0.702. The van der Waals surface area contributed by atoms with Gasteiger partial charge in [0.2, 0.25) is 0 Å². The smallest absolute Gasteiger partial charge is 0.304 e. The molecule has 1 fully saturated rings. The Bertz CT molecular complexity index is 176. The van der Waals surface area contributed by atoms with Gasteiger partial charge in [-0.3, -0.25) is 9.69 Å². The first-order valence-electron chi connectivity index (χ1n) is 4.74. The summed E-state index contributed by atoms with van der Waals surface area (Å²) >= 11 is 0. The first-order chi connectivity index (χ1) is 6.09. The number of carboxylic acids is 1. The summed E-state index contributed by atoms with van der Waals surface area (Å²) in [6.07, 6.45) is 0.254. The van der Waals surface area contributed by atoms with E-state index in [1.165, 1.54) is 0 Å². The van der Waals surface area contributed by atoms with Crippen molar-refractivity contribution in [1.82, 2.24) is 9.80 Å². The number of nitrogens with zero attached hydrogens (tertiary/aromatic N) is 2. The molecule has 0 aromatic heterocycles. The Morgan fingerprint density at radius 1 is 1.38 bits per heavy atom. The van der Waals surface area contributed by atoms with Crippen molar-refractivity contribution in [2.45, 2.75) is 19.4 Å². The van der Waals surface area contributed by atoms with Crippen LogP contribution < -0.4 is 0 Å². The number of carboxylic acid groups (broad SMARTS) is 1. The Balaban J connectivity index is 2.31. The van der Waals surface area contributed by atoms with E-state index >= 15 is 0 Å². The van der Waals surface area contributed by atoms with Crippen LogP contribution in [0.25, 0.3) is 0 Å². The van der Waals surface area contributed by atoms with Gasteiger partial charge in [0.1, 0.15) is 0 Å². The average Bonchev–Trinajstić information content (AvgIpc) is 2.04. The molecule has 1 rings (SSSR count). The Morgan fingerprint density at radius 3 is 2.38 bits per heavy atom. The van der Waals surface area contributed by atoms with Crippen LogP contribution >= 0.6 is 0 Å². The van der Waals surface area contributed by atoms with Crippen LogP contribution in [0.4, 0.5) is 0 Å². The van der Waals surface area contributed by atoms with E-state index in [9.17, 15) is 4.79 Å². The largest absolute Gasteiger partial charge is 0.481 e. The van der Waals surface area contributed by atoms with Gasteiger partial charge in [0.05, 0.1) is 6.42 Å². The summed E-state index contributed by atoms with van der Waals surface area (Å²) < 4.78 is 0. The van der Waals surface area contributed by atoms with E-state index in [0.717, 1.165) is 26.2 Å². The molecule has 1 aliphatic heterocycles. The van der Waals surface area contributed by atoms with Gasteiger partial charge in [0, 0.05) is 32.2 Å². The molecule has 1 N–H and O–H groups in total. The minimum absolute atomic E-state index is 0.172. The average molecular weight is 186 g/mol. The number of rotatable bonds is 3. The molecule has 0 aromatic carbocycles. The maximum atomic E-state index is 10.5. The topological polar surface area (TPSA) is 43.8 Å². The predicted molar refractivity (Wildman–Crippen MR) is 50.8 cm³/mol. The molecule has 0 aromatic rings. The van der Waals surface area contributed by atoms with Crippen molar-refractivity contribution < 1.29 is 9.90 Å². The van der Waals surface area contributed by atoms with Gasteiger partial charge in [-0.2, -0.15) is 0 Å². The molecule has 0 amide bonds. The van der Waals surface area contributed by atoms with E-state index in [1.807, 2.05) is 6.92 Å². The van der Waals surface area contributed by atoms with Crippen molar-refractivity contribution in [1.29, 1.82) is 0 Å². The molecule has 0 radical (unpaired) electrons. The van der Waals surface area contributed by atoms with Crippen molar-refractivity contribution in [3.8, 4) is 0 Å². The fourth-order valence-corrected chi connectivity index (χ4v) is 1.64. The van der Waals surface area contributed by atoms with Crippen molar-refractivity contribution in [2.24, 2.45) is 0 Å². The van der Waals surface area contributed by atoms with E-state index in [-0.39, 0.29) is 12.5 Å². The second kappa shape index (κ2) is 4.58. The van der Waals surface area contributed by atoms with Gasteiger partial charge in [0.15, 0.2) is 0 Å². The Labute approximate surface area is 79.1 Å². The highest BCUT2D eigenvalue weighted by atomic mass is 16.4. The third kappa shape index (κ3) is 3.32. The standard InChI is InChI=1S/C9H18N2O2/c1-8(7-9(12)13)11-5-3-10(2)4-6-11/h8H,3-7H2,1-2H3,(H,12,13)/t8-/m0/s1. The molecule has 76 valence electrons. The molecule has 0 saturated carbocycles. The summed E-state index contributed by atoms with van der Waals surface area (Å²) in [5.41, 5.74) is 0. The monoisotopic (exact) mass is 186 g/mol. The molecule has 13 heavy (non-hydrogen) atoms. The van der Waals surface area contributed by atoms with Crippen molar-refractivity contribution in [2.75, 3.05) is 33.2 Å². The number of aliphatic carboxylic acids is 1. The molecule has 1 heterocycles. The molecule has 0 unspecified atom stereocenters. The van der Waals surface area contributed by atoms with Gasteiger partial charge in [0.25, 0.3) is 0 Å². The van der Waals surface area contributed by atoms with Crippen molar-refractivity contribution in [3.05, 3.63) is 0 Å². The first-order valence-corrected chi connectivity index (χ1v) is 4.74. The summed E-state index contributed by atoms with van der Waals surface area (Å²) in [5, 5.41) is 8.63. The summed E-state index contributed by atoms with van der Waals surface area (Å²) in [7, 11) is 2.10. The van der Waals surface area contributed by atoms with Gasteiger partial charge in [-0.25, -0.2) is 0 Å². The van der Waals surface area contributed by atoms with Crippen LogP contribution in [0, 0.1) is 0 Å². The second-order valence-electron chi connectivity index (χ2n) is 3.79. The van der Waals surface area contributed by atoms with Gasteiger partial charge in [-0.1, -0.05) is 0 Å².